The number of benzene rings is 3. The first-order valence-electron chi connectivity index (χ1n) is 17.6. The molecule has 278 valence electrons. The van der Waals surface area contributed by atoms with Crippen LogP contribution in [0, 0.1) is 0 Å². The number of hydrogen-bond acceptors (Lipinski definition) is 11. The van der Waals surface area contributed by atoms with Gasteiger partial charge in [0.2, 0.25) is 11.5 Å². The van der Waals surface area contributed by atoms with E-state index >= 15 is 0 Å². The molecule has 0 spiro atoms. The number of hydrogen-bond donors (Lipinski definition) is 0. The standard InChI is InChI=1S/C42H48N4O7/c1-47-34-10-8-32(9-11-34)46(27-29-13-17-44-36(21-29)31-24-39(50-4)42(53-7)40(25-31)51-5)33-14-18-45(19-15-33)26-28-12-16-43-35(20-28)30-22-37(48-2)41(52-6)38(23-30)49-3/h8-13,16-17,20-25,33H,14-15,18-19,26-27H2,1-7H3. The van der Waals surface area contributed by atoms with Crippen molar-refractivity contribution in [2.24, 2.45) is 0 Å². The molecule has 11 nitrogen and oxygen atoms in total. The fourth-order valence-electron chi connectivity index (χ4n) is 6.97. The molecule has 6 rings (SSSR count). The van der Waals surface area contributed by atoms with E-state index in [4.69, 9.17) is 38.1 Å². The molecule has 0 N–H and O–H groups in total. The predicted molar refractivity (Wildman–Crippen MR) is 206 cm³/mol. The van der Waals surface area contributed by atoms with Gasteiger partial charge in [-0.25, -0.2) is 0 Å². The molecule has 1 aliphatic rings. The molecule has 5 aromatic rings. The summed E-state index contributed by atoms with van der Waals surface area (Å²) in [7, 11) is 11.4. The maximum Gasteiger partial charge on any atom is 0.203 e. The number of ether oxygens (including phenoxy) is 7. The third-order valence-corrected chi connectivity index (χ3v) is 9.73. The topological polar surface area (TPSA) is 96.9 Å². The molecular formula is C42H48N4O7. The average molecular weight is 721 g/mol. The van der Waals surface area contributed by atoms with Crippen molar-refractivity contribution >= 4 is 5.69 Å². The van der Waals surface area contributed by atoms with Crippen molar-refractivity contribution in [1.82, 2.24) is 14.9 Å². The minimum Gasteiger partial charge on any atom is -0.497 e. The fourth-order valence-corrected chi connectivity index (χ4v) is 6.97. The van der Waals surface area contributed by atoms with Crippen LogP contribution in [0.2, 0.25) is 0 Å². The predicted octanol–water partition coefficient (Wildman–Crippen LogP) is 7.54. The molecule has 1 fully saturated rings. The fraction of sp³-hybridized carbons (Fsp3) is 0.333. The number of anilines is 1. The molecule has 0 aliphatic carbocycles. The van der Waals surface area contributed by atoms with Crippen molar-refractivity contribution < 1.29 is 33.2 Å². The lowest BCUT2D eigenvalue weighted by Crippen LogP contribution is -2.44. The molecule has 3 heterocycles. The van der Waals surface area contributed by atoms with Crippen LogP contribution >= 0.6 is 0 Å². The van der Waals surface area contributed by atoms with E-state index < -0.39 is 0 Å². The minimum absolute atomic E-state index is 0.338. The monoisotopic (exact) mass is 720 g/mol. The summed E-state index contributed by atoms with van der Waals surface area (Å²) in [5.41, 5.74) is 6.97. The Balaban J connectivity index is 1.20. The minimum atomic E-state index is 0.338. The molecule has 0 bridgehead atoms. The van der Waals surface area contributed by atoms with Crippen LogP contribution in [0.25, 0.3) is 22.5 Å². The second kappa shape index (κ2) is 17.2. The number of piperidine rings is 1. The Kier molecular flexibility index (Phi) is 12.1. The van der Waals surface area contributed by atoms with Gasteiger partial charge in [-0.15, -0.1) is 0 Å². The summed E-state index contributed by atoms with van der Waals surface area (Å²) in [5.74, 6) is 4.32. The van der Waals surface area contributed by atoms with Gasteiger partial charge in [0.25, 0.3) is 0 Å². The van der Waals surface area contributed by atoms with Crippen LogP contribution in [0.4, 0.5) is 5.69 Å². The molecule has 0 radical (unpaired) electrons. The zero-order chi connectivity index (χ0) is 37.3. The van der Waals surface area contributed by atoms with Crippen LogP contribution in [0.15, 0.2) is 85.2 Å². The van der Waals surface area contributed by atoms with Gasteiger partial charge in [-0.05, 0) is 96.8 Å². The highest BCUT2D eigenvalue weighted by atomic mass is 16.5. The first kappa shape index (κ1) is 37.1. The molecule has 11 heteroatoms. The van der Waals surface area contributed by atoms with E-state index in [1.165, 1.54) is 5.56 Å². The maximum atomic E-state index is 5.62. The number of likely N-dealkylation sites (tertiary alicyclic amines) is 1. The van der Waals surface area contributed by atoms with Crippen LogP contribution in [-0.2, 0) is 13.1 Å². The van der Waals surface area contributed by atoms with Crippen molar-refractivity contribution in [1.29, 1.82) is 0 Å². The second-order valence-corrected chi connectivity index (χ2v) is 12.8. The Morgan fingerprint density at radius 3 is 1.49 bits per heavy atom. The summed E-state index contributed by atoms with van der Waals surface area (Å²) in [4.78, 5) is 14.4. The summed E-state index contributed by atoms with van der Waals surface area (Å²) in [6.45, 7) is 3.48. The SMILES string of the molecule is COc1ccc(N(Cc2ccnc(-c3cc(OC)c(OC)c(OC)c3)c2)C2CCN(Cc3ccnc(-c4cc(OC)c(OC)c(OC)c4)c3)CC2)cc1. The maximum absolute atomic E-state index is 5.62. The normalized spacial score (nSPS) is 13.3. The first-order valence-corrected chi connectivity index (χ1v) is 17.6. The Morgan fingerprint density at radius 1 is 0.566 bits per heavy atom. The van der Waals surface area contributed by atoms with E-state index in [0.29, 0.717) is 40.5 Å². The molecule has 1 saturated heterocycles. The third-order valence-electron chi connectivity index (χ3n) is 9.73. The van der Waals surface area contributed by atoms with E-state index in [2.05, 4.69) is 51.2 Å². The van der Waals surface area contributed by atoms with Gasteiger partial charge >= 0.3 is 0 Å². The number of pyridine rings is 2. The van der Waals surface area contributed by atoms with Crippen molar-refractivity contribution in [3.05, 3.63) is 96.3 Å². The Labute approximate surface area is 312 Å². The molecule has 53 heavy (non-hydrogen) atoms. The lowest BCUT2D eigenvalue weighted by atomic mass is 10.00. The molecule has 1 aliphatic heterocycles. The van der Waals surface area contributed by atoms with Gasteiger partial charge in [0.05, 0.1) is 61.2 Å². The number of aromatic nitrogens is 2. The Hall–Kier alpha value is -5.68. The Morgan fingerprint density at radius 2 is 1.04 bits per heavy atom. The van der Waals surface area contributed by atoms with E-state index in [0.717, 1.165) is 78.5 Å². The van der Waals surface area contributed by atoms with Crippen LogP contribution in [0.5, 0.6) is 40.2 Å². The molecule has 0 unspecified atom stereocenters. The van der Waals surface area contributed by atoms with Crippen LogP contribution in [0.1, 0.15) is 24.0 Å². The highest BCUT2D eigenvalue weighted by Crippen LogP contribution is 2.42. The number of methoxy groups -OCH3 is 7. The Bertz CT molecular complexity index is 1930. The van der Waals surface area contributed by atoms with Gasteiger partial charge in [-0.1, -0.05) is 0 Å². The molecule has 0 saturated carbocycles. The van der Waals surface area contributed by atoms with Crippen molar-refractivity contribution in [2.75, 3.05) is 67.8 Å². The summed E-state index contributed by atoms with van der Waals surface area (Å²) in [6, 6.07) is 24.9. The van der Waals surface area contributed by atoms with Gasteiger partial charge in [0.15, 0.2) is 23.0 Å². The van der Waals surface area contributed by atoms with Crippen molar-refractivity contribution in [3.63, 3.8) is 0 Å². The average Bonchev–Trinajstić information content (AvgIpc) is 3.22. The molecule has 3 aromatic carbocycles. The summed E-state index contributed by atoms with van der Waals surface area (Å²) >= 11 is 0. The van der Waals surface area contributed by atoms with E-state index in [1.807, 2.05) is 48.8 Å². The lowest BCUT2D eigenvalue weighted by molar-refractivity contribution is 0.201. The molecule has 0 atom stereocenters. The summed E-state index contributed by atoms with van der Waals surface area (Å²) in [5, 5.41) is 0. The van der Waals surface area contributed by atoms with Crippen LogP contribution in [0.3, 0.4) is 0 Å². The van der Waals surface area contributed by atoms with Crippen molar-refractivity contribution in [3.8, 4) is 62.8 Å². The van der Waals surface area contributed by atoms with Gasteiger partial charge in [0.1, 0.15) is 5.75 Å². The number of nitrogens with zero attached hydrogens (tertiary/aromatic N) is 4. The summed E-state index contributed by atoms with van der Waals surface area (Å²) < 4.78 is 38.9. The van der Waals surface area contributed by atoms with Crippen molar-refractivity contribution in [2.45, 2.75) is 32.0 Å². The molecule has 0 amide bonds. The lowest BCUT2D eigenvalue weighted by Gasteiger charge is -2.40. The second-order valence-electron chi connectivity index (χ2n) is 12.8. The van der Waals surface area contributed by atoms with E-state index in [9.17, 15) is 0 Å². The van der Waals surface area contributed by atoms with Crippen LogP contribution in [-0.4, -0.2) is 83.8 Å². The van der Waals surface area contributed by atoms with Crippen LogP contribution < -0.4 is 38.1 Å². The largest absolute Gasteiger partial charge is 0.497 e. The van der Waals surface area contributed by atoms with E-state index in [1.54, 1.807) is 49.8 Å². The molecular weight excluding hydrogens is 672 g/mol. The highest BCUT2D eigenvalue weighted by Gasteiger charge is 2.26. The zero-order valence-electron chi connectivity index (χ0n) is 31.5. The number of rotatable bonds is 15. The van der Waals surface area contributed by atoms with Gasteiger partial charge in [0, 0.05) is 61.4 Å². The van der Waals surface area contributed by atoms with E-state index in [-0.39, 0.29) is 0 Å². The summed E-state index contributed by atoms with van der Waals surface area (Å²) in [6.07, 6.45) is 5.76. The van der Waals surface area contributed by atoms with Gasteiger partial charge < -0.3 is 38.1 Å². The highest BCUT2D eigenvalue weighted by molar-refractivity contribution is 5.70. The van der Waals surface area contributed by atoms with Gasteiger partial charge in [-0.2, -0.15) is 0 Å². The van der Waals surface area contributed by atoms with Gasteiger partial charge in [-0.3, -0.25) is 14.9 Å². The zero-order valence-corrected chi connectivity index (χ0v) is 31.5. The first-order chi connectivity index (χ1) is 25.9. The smallest absolute Gasteiger partial charge is 0.203 e. The third kappa shape index (κ3) is 8.36. The quantitative estimate of drug-likeness (QED) is 0.107. The molecule has 2 aromatic heterocycles.